The Balaban J connectivity index is 1.19. The van der Waals surface area contributed by atoms with Gasteiger partial charge in [-0.2, -0.15) is 0 Å². The second kappa shape index (κ2) is 12.7. The first-order chi connectivity index (χ1) is 20.6. The van der Waals surface area contributed by atoms with E-state index in [-0.39, 0.29) is 11.8 Å². The molecule has 42 heavy (non-hydrogen) atoms. The molecule has 212 valence electrons. The van der Waals surface area contributed by atoms with Gasteiger partial charge in [-0.3, -0.25) is 9.59 Å². The predicted octanol–water partition coefficient (Wildman–Crippen LogP) is 5.98. The van der Waals surface area contributed by atoms with Crippen LogP contribution in [0.1, 0.15) is 34.0 Å². The van der Waals surface area contributed by atoms with E-state index in [9.17, 15) is 9.59 Å². The Morgan fingerprint density at radius 1 is 0.786 bits per heavy atom. The number of carbonyl (C=O) groups is 2. The van der Waals surface area contributed by atoms with Crippen LogP contribution in [-0.2, 0) is 17.6 Å². The maximum absolute atomic E-state index is 13.9. The molecular weight excluding hydrogens is 540 g/mol. The Kier molecular flexibility index (Phi) is 8.38. The lowest BCUT2D eigenvalue weighted by Crippen LogP contribution is -2.56. The van der Waals surface area contributed by atoms with Crippen molar-refractivity contribution in [3.8, 4) is 0 Å². The van der Waals surface area contributed by atoms with Gasteiger partial charge in [-0.1, -0.05) is 91.5 Å². The normalized spacial score (nSPS) is 15.1. The van der Waals surface area contributed by atoms with E-state index in [2.05, 4.69) is 53.5 Å². The van der Waals surface area contributed by atoms with Gasteiger partial charge in [0.15, 0.2) is 0 Å². The van der Waals surface area contributed by atoms with E-state index in [1.165, 1.54) is 10.5 Å². The highest BCUT2D eigenvalue weighted by Crippen LogP contribution is 2.40. The van der Waals surface area contributed by atoms with E-state index in [0.29, 0.717) is 38.2 Å². The Bertz CT molecular complexity index is 1600. The molecular formula is C35H34N4O2S. The fraction of sp³-hybridized carbons (Fsp3) is 0.229. The molecule has 2 heterocycles. The Morgan fingerprint density at radius 2 is 1.45 bits per heavy atom. The number of para-hydroxylation sites is 1. The maximum Gasteiger partial charge on any atom is 0.251 e. The summed E-state index contributed by atoms with van der Waals surface area (Å²) in [5.41, 5.74) is 4.82. The van der Waals surface area contributed by atoms with Crippen molar-refractivity contribution >= 4 is 35.1 Å². The van der Waals surface area contributed by atoms with E-state index in [0.717, 1.165) is 34.0 Å². The van der Waals surface area contributed by atoms with Gasteiger partial charge in [-0.15, -0.1) is 0 Å². The summed E-state index contributed by atoms with van der Waals surface area (Å²) in [7, 11) is 0. The van der Waals surface area contributed by atoms with E-state index >= 15 is 0 Å². The van der Waals surface area contributed by atoms with E-state index < -0.39 is 6.04 Å². The number of rotatable bonds is 6. The van der Waals surface area contributed by atoms with Crippen LogP contribution in [0.3, 0.4) is 0 Å². The van der Waals surface area contributed by atoms with Crippen molar-refractivity contribution < 1.29 is 9.59 Å². The lowest BCUT2D eigenvalue weighted by molar-refractivity contribution is -0.134. The zero-order chi connectivity index (χ0) is 28.9. The van der Waals surface area contributed by atoms with Gasteiger partial charge in [0.1, 0.15) is 11.9 Å². The van der Waals surface area contributed by atoms with Crippen molar-refractivity contribution in [2.45, 2.75) is 35.6 Å². The van der Waals surface area contributed by atoms with Crippen LogP contribution in [-0.4, -0.2) is 59.7 Å². The number of hydrogen-bond donors (Lipinski definition) is 1. The van der Waals surface area contributed by atoms with Crippen LogP contribution in [0, 0.1) is 0 Å². The average Bonchev–Trinajstić information content (AvgIpc) is 3.21. The SMILES string of the molecule is CCc1ccc(C(=O)NC(Cc2ccccc2)C(=O)N2CCN(C3=Nc4ccccc4Sc4ccccc43)CC2)cc1. The van der Waals surface area contributed by atoms with Crippen LogP contribution in [0.15, 0.2) is 118 Å². The van der Waals surface area contributed by atoms with Crippen molar-refractivity contribution in [1.82, 2.24) is 15.1 Å². The number of hydrogen-bond acceptors (Lipinski definition) is 5. The smallest absolute Gasteiger partial charge is 0.251 e. The van der Waals surface area contributed by atoms with Gasteiger partial charge in [0.05, 0.1) is 5.69 Å². The van der Waals surface area contributed by atoms with Gasteiger partial charge >= 0.3 is 0 Å². The number of fused-ring (bicyclic) bond motifs is 2. The molecule has 0 aliphatic carbocycles. The Labute approximate surface area is 251 Å². The van der Waals surface area contributed by atoms with E-state index in [1.54, 1.807) is 11.8 Å². The highest BCUT2D eigenvalue weighted by molar-refractivity contribution is 7.99. The molecule has 4 aromatic carbocycles. The summed E-state index contributed by atoms with van der Waals surface area (Å²) in [5.74, 6) is 0.659. The maximum atomic E-state index is 13.9. The number of benzene rings is 4. The number of piperazine rings is 1. The van der Waals surface area contributed by atoms with Gasteiger partial charge in [0.25, 0.3) is 5.91 Å². The lowest BCUT2D eigenvalue weighted by atomic mass is 10.0. The summed E-state index contributed by atoms with van der Waals surface area (Å²) >= 11 is 1.74. The zero-order valence-electron chi connectivity index (χ0n) is 23.7. The second-order valence-corrected chi connectivity index (χ2v) is 11.7. The molecule has 0 aromatic heterocycles. The third kappa shape index (κ3) is 6.11. The molecule has 0 saturated carbocycles. The number of amidine groups is 1. The van der Waals surface area contributed by atoms with Gasteiger partial charge in [0, 0.05) is 53.5 Å². The number of amides is 2. The Hall–Kier alpha value is -4.36. The van der Waals surface area contributed by atoms with Crippen LogP contribution in [0.2, 0.25) is 0 Å². The number of carbonyl (C=O) groups excluding carboxylic acids is 2. The zero-order valence-corrected chi connectivity index (χ0v) is 24.5. The van der Waals surface area contributed by atoms with Crippen LogP contribution in [0.5, 0.6) is 0 Å². The number of aliphatic imine (C=N–C) groups is 1. The molecule has 6 rings (SSSR count). The van der Waals surface area contributed by atoms with Crippen LogP contribution >= 0.6 is 11.8 Å². The van der Waals surface area contributed by atoms with E-state index in [1.807, 2.05) is 71.6 Å². The number of aryl methyl sites for hydroxylation is 1. The first-order valence-corrected chi connectivity index (χ1v) is 15.3. The summed E-state index contributed by atoms with van der Waals surface area (Å²) < 4.78 is 0. The minimum Gasteiger partial charge on any atom is -0.353 e. The molecule has 2 aliphatic heterocycles. The summed E-state index contributed by atoms with van der Waals surface area (Å²) in [6.45, 7) is 4.53. The molecule has 1 N–H and O–H groups in total. The molecule has 2 aliphatic rings. The number of nitrogens with zero attached hydrogens (tertiary/aromatic N) is 3. The molecule has 1 unspecified atom stereocenters. The van der Waals surface area contributed by atoms with E-state index in [4.69, 9.17) is 4.99 Å². The molecule has 7 heteroatoms. The molecule has 0 radical (unpaired) electrons. The highest BCUT2D eigenvalue weighted by atomic mass is 32.2. The van der Waals surface area contributed by atoms with Crippen molar-refractivity contribution in [2.24, 2.45) is 4.99 Å². The minimum atomic E-state index is -0.656. The van der Waals surface area contributed by atoms with Gasteiger partial charge in [0.2, 0.25) is 5.91 Å². The molecule has 1 fully saturated rings. The Morgan fingerprint density at radius 3 is 2.19 bits per heavy atom. The lowest BCUT2D eigenvalue weighted by Gasteiger charge is -2.38. The standard InChI is InChI=1S/C35H34N4O2S/c1-2-25-16-18-27(19-17-25)34(40)37-30(24-26-10-4-3-5-11-26)35(41)39-22-20-38(21-23-39)33-28-12-6-8-14-31(28)42-32-15-9-7-13-29(32)36-33/h3-19,30H,2,20-24H2,1H3,(H,37,40). The number of nitrogens with one attached hydrogen (secondary N) is 1. The quantitative estimate of drug-likeness (QED) is 0.308. The molecule has 0 bridgehead atoms. The highest BCUT2D eigenvalue weighted by Gasteiger charge is 2.31. The first-order valence-electron chi connectivity index (χ1n) is 14.5. The topological polar surface area (TPSA) is 65.0 Å². The van der Waals surface area contributed by atoms with Crippen LogP contribution in [0.25, 0.3) is 0 Å². The molecule has 6 nitrogen and oxygen atoms in total. The van der Waals surface area contributed by atoms with Gasteiger partial charge in [-0.25, -0.2) is 4.99 Å². The third-order valence-electron chi connectivity index (χ3n) is 7.84. The molecule has 0 spiro atoms. The van der Waals surface area contributed by atoms with Crippen LogP contribution < -0.4 is 5.32 Å². The minimum absolute atomic E-state index is 0.0545. The van der Waals surface area contributed by atoms with Gasteiger partial charge in [-0.05, 0) is 47.9 Å². The fourth-order valence-corrected chi connectivity index (χ4v) is 6.47. The van der Waals surface area contributed by atoms with Crippen molar-refractivity contribution in [1.29, 1.82) is 0 Å². The third-order valence-corrected chi connectivity index (χ3v) is 8.98. The molecule has 4 aromatic rings. The second-order valence-electron chi connectivity index (χ2n) is 10.6. The van der Waals surface area contributed by atoms with Crippen LogP contribution in [0.4, 0.5) is 5.69 Å². The molecule has 1 atom stereocenters. The summed E-state index contributed by atoms with van der Waals surface area (Å²) in [4.78, 5) is 38.8. The first kappa shape index (κ1) is 27.8. The molecule has 2 amide bonds. The summed E-state index contributed by atoms with van der Waals surface area (Å²) in [5, 5.41) is 3.05. The molecule has 1 saturated heterocycles. The van der Waals surface area contributed by atoms with Crippen molar-refractivity contribution in [3.05, 3.63) is 125 Å². The van der Waals surface area contributed by atoms with Crippen molar-refractivity contribution in [3.63, 3.8) is 0 Å². The largest absolute Gasteiger partial charge is 0.353 e. The predicted molar refractivity (Wildman–Crippen MR) is 169 cm³/mol. The fourth-order valence-electron chi connectivity index (χ4n) is 5.45. The summed E-state index contributed by atoms with van der Waals surface area (Å²) in [6, 6.07) is 33.4. The summed E-state index contributed by atoms with van der Waals surface area (Å²) in [6.07, 6.45) is 1.35. The van der Waals surface area contributed by atoms with Crippen molar-refractivity contribution in [2.75, 3.05) is 26.2 Å². The monoisotopic (exact) mass is 574 g/mol. The average molecular weight is 575 g/mol. The van der Waals surface area contributed by atoms with Gasteiger partial charge < -0.3 is 15.1 Å².